The number of nitrogens with one attached hydrogen (secondary N) is 1. The smallest absolute Gasteiger partial charge is 0.252 e. The van der Waals surface area contributed by atoms with E-state index < -0.39 is 0 Å². The largest absolute Gasteiger partial charge is 0.379 e. The van der Waals surface area contributed by atoms with Crippen molar-refractivity contribution in [3.63, 3.8) is 0 Å². The summed E-state index contributed by atoms with van der Waals surface area (Å²) in [7, 11) is 0. The molecule has 1 aromatic heterocycles. The molecule has 1 aromatic rings. The molecule has 2 rings (SSSR count). The summed E-state index contributed by atoms with van der Waals surface area (Å²) in [5, 5.41) is 4.83. The minimum absolute atomic E-state index is 0.0136. The van der Waals surface area contributed by atoms with E-state index in [2.05, 4.69) is 27.9 Å². The van der Waals surface area contributed by atoms with Crippen molar-refractivity contribution in [3.05, 3.63) is 19.9 Å². The Morgan fingerprint density at radius 3 is 3.14 bits per heavy atom. The van der Waals surface area contributed by atoms with Crippen molar-refractivity contribution in [1.82, 2.24) is 5.32 Å². The van der Waals surface area contributed by atoms with Crippen LogP contribution in [0.25, 0.3) is 0 Å². The molecule has 1 aliphatic heterocycles. The number of ether oxygens (including phenoxy) is 1. The van der Waals surface area contributed by atoms with Crippen LogP contribution in [0.15, 0.2) is 11.4 Å². The molecule has 5 heteroatoms. The number of thiophene rings is 1. The lowest BCUT2D eigenvalue weighted by Gasteiger charge is -2.08. The molecule has 0 saturated carbocycles. The summed E-state index contributed by atoms with van der Waals surface area (Å²) in [6.07, 6.45) is 0.924. The summed E-state index contributed by atoms with van der Waals surface area (Å²) in [6.45, 7) is 1.40. The third-order valence-electron chi connectivity index (χ3n) is 2.09. The highest BCUT2D eigenvalue weighted by Crippen LogP contribution is 2.16. The summed E-state index contributed by atoms with van der Waals surface area (Å²) >= 11 is 3.80. The Morgan fingerprint density at radius 2 is 2.57 bits per heavy atom. The van der Waals surface area contributed by atoms with Crippen LogP contribution in [0.3, 0.4) is 0 Å². The van der Waals surface area contributed by atoms with Crippen LogP contribution in [0.5, 0.6) is 0 Å². The number of rotatable bonds is 2. The molecule has 2 heterocycles. The maximum absolute atomic E-state index is 11.7. The predicted molar refractivity (Wildman–Crippen MR) is 63.7 cm³/mol. The molecule has 3 nitrogen and oxygen atoms in total. The number of hydrogen-bond donors (Lipinski definition) is 1. The molecule has 0 aliphatic carbocycles. The average Bonchev–Trinajstić information content (AvgIpc) is 2.75. The topological polar surface area (TPSA) is 38.3 Å². The molecular formula is C9H10INO2S. The van der Waals surface area contributed by atoms with E-state index in [9.17, 15) is 4.79 Å². The van der Waals surface area contributed by atoms with Gasteiger partial charge in [-0.3, -0.25) is 4.79 Å². The van der Waals surface area contributed by atoms with Crippen LogP contribution < -0.4 is 5.32 Å². The number of carbonyl (C=O) groups is 1. The zero-order valence-corrected chi connectivity index (χ0v) is 10.4. The lowest BCUT2D eigenvalue weighted by atomic mass is 10.2. The van der Waals surface area contributed by atoms with E-state index in [0.717, 1.165) is 21.5 Å². The van der Waals surface area contributed by atoms with Gasteiger partial charge < -0.3 is 10.1 Å². The lowest BCUT2D eigenvalue weighted by Crippen LogP contribution is -2.34. The van der Waals surface area contributed by atoms with Crippen molar-refractivity contribution in [2.45, 2.75) is 12.5 Å². The van der Waals surface area contributed by atoms with E-state index in [1.807, 2.05) is 11.4 Å². The summed E-state index contributed by atoms with van der Waals surface area (Å²) in [6, 6.07) is 2.09. The van der Waals surface area contributed by atoms with Crippen LogP contribution in [0.4, 0.5) is 0 Å². The van der Waals surface area contributed by atoms with Crippen LogP contribution in [-0.4, -0.2) is 25.2 Å². The Balaban J connectivity index is 1.95. The fraction of sp³-hybridized carbons (Fsp3) is 0.444. The molecule has 1 aliphatic rings. The fourth-order valence-corrected chi connectivity index (χ4v) is 2.67. The summed E-state index contributed by atoms with van der Waals surface area (Å²) in [5.74, 6) is 0.0136. The van der Waals surface area contributed by atoms with Gasteiger partial charge in [0, 0.05) is 12.0 Å². The summed E-state index contributed by atoms with van der Waals surface area (Å²) in [5.41, 5.74) is 0.756. The first-order valence-corrected chi connectivity index (χ1v) is 6.34. The van der Waals surface area contributed by atoms with E-state index in [1.54, 1.807) is 11.3 Å². The second kappa shape index (κ2) is 4.59. The van der Waals surface area contributed by atoms with Crippen LogP contribution in [0.1, 0.15) is 16.8 Å². The number of amides is 1. The van der Waals surface area contributed by atoms with Crippen molar-refractivity contribution in [3.8, 4) is 0 Å². The van der Waals surface area contributed by atoms with Gasteiger partial charge in [0.1, 0.15) is 0 Å². The second-order valence-electron chi connectivity index (χ2n) is 3.17. The quantitative estimate of drug-likeness (QED) is 0.844. The molecule has 76 valence electrons. The van der Waals surface area contributed by atoms with E-state index in [4.69, 9.17) is 4.74 Å². The van der Waals surface area contributed by atoms with Gasteiger partial charge in [-0.1, -0.05) is 0 Å². The van der Waals surface area contributed by atoms with E-state index >= 15 is 0 Å². The van der Waals surface area contributed by atoms with Crippen molar-refractivity contribution < 1.29 is 9.53 Å². The Bertz CT molecular complexity index is 333. The highest BCUT2D eigenvalue weighted by Gasteiger charge is 2.18. The second-order valence-corrected chi connectivity index (χ2v) is 5.98. The first-order valence-electron chi connectivity index (χ1n) is 4.38. The van der Waals surface area contributed by atoms with E-state index in [0.29, 0.717) is 6.61 Å². The Labute approximate surface area is 100.0 Å². The van der Waals surface area contributed by atoms with Gasteiger partial charge in [-0.2, -0.15) is 0 Å². The Hall–Kier alpha value is -0.140. The predicted octanol–water partition coefficient (Wildman–Crippen LogP) is 1.87. The SMILES string of the molecule is O=C(NC1CCOC1)c1csc(I)c1. The zero-order valence-electron chi connectivity index (χ0n) is 7.46. The van der Waals surface area contributed by atoms with Crippen LogP contribution in [0.2, 0.25) is 0 Å². The van der Waals surface area contributed by atoms with Gasteiger partial charge >= 0.3 is 0 Å². The molecule has 0 radical (unpaired) electrons. The van der Waals surface area contributed by atoms with Gasteiger partial charge in [0.15, 0.2) is 0 Å². The normalized spacial score (nSPS) is 21.1. The van der Waals surface area contributed by atoms with Gasteiger partial charge in [-0.15, -0.1) is 11.3 Å². The van der Waals surface area contributed by atoms with Crippen molar-refractivity contribution in [2.75, 3.05) is 13.2 Å². The fourth-order valence-electron chi connectivity index (χ4n) is 1.35. The maximum atomic E-state index is 11.7. The molecule has 0 spiro atoms. The average molecular weight is 323 g/mol. The number of hydrogen-bond acceptors (Lipinski definition) is 3. The molecule has 1 unspecified atom stereocenters. The van der Waals surface area contributed by atoms with Crippen LogP contribution in [-0.2, 0) is 4.74 Å². The summed E-state index contributed by atoms with van der Waals surface area (Å²) < 4.78 is 6.32. The van der Waals surface area contributed by atoms with E-state index in [1.165, 1.54) is 0 Å². The number of carbonyl (C=O) groups excluding carboxylic acids is 1. The highest BCUT2D eigenvalue weighted by atomic mass is 127. The molecule has 14 heavy (non-hydrogen) atoms. The Morgan fingerprint density at radius 1 is 1.71 bits per heavy atom. The van der Waals surface area contributed by atoms with Crippen molar-refractivity contribution in [1.29, 1.82) is 0 Å². The molecule has 0 bridgehead atoms. The third-order valence-corrected chi connectivity index (χ3v) is 3.88. The van der Waals surface area contributed by atoms with Crippen molar-refractivity contribution >= 4 is 39.8 Å². The summed E-state index contributed by atoms with van der Waals surface area (Å²) in [4.78, 5) is 11.7. The van der Waals surface area contributed by atoms with Gasteiger partial charge in [-0.25, -0.2) is 0 Å². The number of halogens is 1. The molecule has 1 saturated heterocycles. The minimum Gasteiger partial charge on any atom is -0.379 e. The molecule has 1 N–H and O–H groups in total. The molecular weight excluding hydrogens is 313 g/mol. The molecule has 1 amide bonds. The monoisotopic (exact) mass is 323 g/mol. The maximum Gasteiger partial charge on any atom is 0.252 e. The van der Waals surface area contributed by atoms with Gasteiger partial charge in [0.25, 0.3) is 5.91 Å². The lowest BCUT2D eigenvalue weighted by molar-refractivity contribution is 0.0930. The van der Waals surface area contributed by atoms with Gasteiger partial charge in [0.2, 0.25) is 0 Å². The van der Waals surface area contributed by atoms with E-state index in [-0.39, 0.29) is 11.9 Å². The first-order chi connectivity index (χ1) is 6.75. The minimum atomic E-state index is 0.0136. The van der Waals surface area contributed by atoms with Gasteiger partial charge in [0.05, 0.1) is 21.1 Å². The molecule has 1 atom stereocenters. The first kappa shape index (κ1) is 10.4. The third kappa shape index (κ3) is 2.46. The van der Waals surface area contributed by atoms with Crippen LogP contribution in [0, 0.1) is 2.88 Å². The highest BCUT2D eigenvalue weighted by molar-refractivity contribution is 14.1. The Kier molecular flexibility index (Phi) is 3.40. The molecule has 0 aromatic carbocycles. The standard InChI is InChI=1S/C9H10INO2S/c10-8-3-6(5-14-8)9(12)11-7-1-2-13-4-7/h3,5,7H,1-2,4H2,(H,11,12). The van der Waals surface area contributed by atoms with Gasteiger partial charge in [-0.05, 0) is 35.1 Å². The zero-order chi connectivity index (χ0) is 9.97. The van der Waals surface area contributed by atoms with Crippen LogP contribution >= 0.6 is 33.9 Å². The molecule has 1 fully saturated rings. The van der Waals surface area contributed by atoms with Crippen molar-refractivity contribution in [2.24, 2.45) is 0 Å².